The summed E-state index contributed by atoms with van der Waals surface area (Å²) in [6, 6.07) is 15.5. The third-order valence-electron chi connectivity index (χ3n) is 4.84. The van der Waals surface area contributed by atoms with Crippen LogP contribution < -0.4 is 4.90 Å². The van der Waals surface area contributed by atoms with Crippen LogP contribution in [0, 0.1) is 5.82 Å². The summed E-state index contributed by atoms with van der Waals surface area (Å²) in [5.74, 6) is -0.0531. The molecule has 2 aromatic rings. The molecule has 1 amide bonds. The molecule has 0 radical (unpaired) electrons. The molecule has 1 fully saturated rings. The highest BCUT2D eigenvalue weighted by Gasteiger charge is 2.34. The predicted octanol–water partition coefficient (Wildman–Crippen LogP) is 3.73. The van der Waals surface area contributed by atoms with E-state index < -0.39 is 0 Å². The number of anilines is 1. The number of nitrogens with zero attached hydrogens (tertiary/aromatic N) is 2. The molecular weight excluding hydrogens is 303 g/mol. The smallest absolute Gasteiger partial charge is 0.224 e. The van der Waals surface area contributed by atoms with Crippen LogP contribution in [0.3, 0.4) is 0 Å². The zero-order valence-electron chi connectivity index (χ0n) is 13.6. The summed E-state index contributed by atoms with van der Waals surface area (Å²) in [5.41, 5.74) is 3.14. The first-order valence-electron chi connectivity index (χ1n) is 8.57. The Hall–Kier alpha value is -2.36. The lowest BCUT2D eigenvalue weighted by atomic mass is 10.1. The molecule has 0 bridgehead atoms. The molecule has 0 N–H and O–H groups in total. The monoisotopic (exact) mass is 324 g/mol. The summed E-state index contributed by atoms with van der Waals surface area (Å²) in [4.78, 5) is 16.7. The van der Waals surface area contributed by atoms with Crippen molar-refractivity contribution in [3.05, 3.63) is 65.5 Å². The third-order valence-corrected chi connectivity index (χ3v) is 4.84. The Morgan fingerprint density at radius 3 is 2.62 bits per heavy atom. The highest BCUT2D eigenvalue weighted by molar-refractivity contribution is 5.78. The van der Waals surface area contributed by atoms with Crippen molar-refractivity contribution in [3.8, 4) is 0 Å². The first-order valence-corrected chi connectivity index (χ1v) is 8.57. The second-order valence-electron chi connectivity index (χ2n) is 6.68. The van der Waals surface area contributed by atoms with Crippen molar-refractivity contribution in [2.75, 3.05) is 11.4 Å². The van der Waals surface area contributed by atoms with E-state index >= 15 is 0 Å². The molecule has 1 saturated carbocycles. The molecule has 1 aliphatic carbocycles. The maximum Gasteiger partial charge on any atom is 0.224 e. The zero-order valence-corrected chi connectivity index (χ0v) is 13.6. The molecule has 1 aliphatic heterocycles. The Balaban J connectivity index is 1.67. The topological polar surface area (TPSA) is 23.6 Å². The molecule has 0 unspecified atom stereocenters. The Kier molecular flexibility index (Phi) is 3.97. The molecule has 0 spiro atoms. The minimum atomic E-state index is -0.239. The van der Waals surface area contributed by atoms with Gasteiger partial charge in [0, 0.05) is 37.8 Å². The van der Waals surface area contributed by atoms with Crippen LogP contribution in [0.5, 0.6) is 0 Å². The van der Waals surface area contributed by atoms with Gasteiger partial charge in [-0.25, -0.2) is 4.39 Å². The van der Waals surface area contributed by atoms with Crippen LogP contribution in [-0.2, 0) is 17.9 Å². The number of carbonyl (C=O) groups is 1. The molecule has 4 heteroatoms. The fourth-order valence-corrected chi connectivity index (χ4v) is 3.44. The second-order valence-corrected chi connectivity index (χ2v) is 6.68. The molecular formula is C20H21FN2O. The largest absolute Gasteiger partial charge is 0.366 e. The number of hydrogen-bond acceptors (Lipinski definition) is 2. The van der Waals surface area contributed by atoms with E-state index in [2.05, 4.69) is 17.0 Å². The van der Waals surface area contributed by atoms with E-state index in [1.54, 1.807) is 6.07 Å². The van der Waals surface area contributed by atoms with E-state index in [1.807, 2.05) is 29.2 Å². The molecule has 0 atom stereocenters. The fraction of sp³-hybridized carbons (Fsp3) is 0.350. The standard InChI is InChI=1S/C20H21FN2O/c21-17-6-9-19-16(12-17)14-23(18-7-8-18)20(24)10-11-22(19)13-15-4-2-1-3-5-15/h1-6,9,12,18H,7-8,10-11,13-14H2. The summed E-state index contributed by atoms with van der Waals surface area (Å²) >= 11 is 0. The molecule has 2 aromatic carbocycles. The van der Waals surface area contributed by atoms with Crippen molar-refractivity contribution in [2.45, 2.75) is 38.4 Å². The average Bonchev–Trinajstić information content (AvgIpc) is 3.41. The number of rotatable bonds is 3. The van der Waals surface area contributed by atoms with Gasteiger partial charge in [0.05, 0.1) is 0 Å². The average molecular weight is 324 g/mol. The Morgan fingerprint density at radius 2 is 1.88 bits per heavy atom. The molecule has 3 nitrogen and oxygen atoms in total. The van der Waals surface area contributed by atoms with Gasteiger partial charge in [0.2, 0.25) is 5.91 Å². The Labute approximate surface area is 141 Å². The summed E-state index contributed by atoms with van der Waals surface area (Å²) in [6.07, 6.45) is 2.66. The highest BCUT2D eigenvalue weighted by atomic mass is 19.1. The van der Waals surface area contributed by atoms with Crippen molar-refractivity contribution in [1.29, 1.82) is 0 Å². The van der Waals surface area contributed by atoms with Crippen LogP contribution in [-0.4, -0.2) is 23.4 Å². The van der Waals surface area contributed by atoms with E-state index in [4.69, 9.17) is 0 Å². The quantitative estimate of drug-likeness (QED) is 0.859. The van der Waals surface area contributed by atoms with E-state index in [1.165, 1.54) is 11.6 Å². The lowest BCUT2D eigenvalue weighted by Crippen LogP contribution is -2.39. The lowest BCUT2D eigenvalue weighted by molar-refractivity contribution is -0.132. The molecule has 2 aliphatic rings. The van der Waals surface area contributed by atoms with Crippen LogP contribution in [0.1, 0.15) is 30.4 Å². The lowest BCUT2D eigenvalue weighted by Gasteiger charge is -2.33. The molecule has 24 heavy (non-hydrogen) atoms. The fourth-order valence-electron chi connectivity index (χ4n) is 3.44. The van der Waals surface area contributed by atoms with Gasteiger partial charge in [-0.2, -0.15) is 0 Å². The summed E-state index contributed by atoms with van der Waals surface area (Å²) in [6.45, 7) is 1.91. The van der Waals surface area contributed by atoms with Gasteiger partial charge in [-0.1, -0.05) is 30.3 Å². The number of carbonyl (C=O) groups excluding carboxylic acids is 1. The summed E-state index contributed by atoms with van der Waals surface area (Å²) in [7, 11) is 0. The maximum absolute atomic E-state index is 13.8. The first-order chi connectivity index (χ1) is 11.7. The minimum absolute atomic E-state index is 0.186. The van der Waals surface area contributed by atoms with Crippen LogP contribution in [0.2, 0.25) is 0 Å². The Bertz CT molecular complexity index is 743. The van der Waals surface area contributed by atoms with Gasteiger partial charge in [-0.3, -0.25) is 4.79 Å². The van der Waals surface area contributed by atoms with Crippen LogP contribution >= 0.6 is 0 Å². The molecule has 4 rings (SSSR count). The van der Waals surface area contributed by atoms with Gasteiger partial charge in [0.25, 0.3) is 0 Å². The van der Waals surface area contributed by atoms with Crippen molar-refractivity contribution in [1.82, 2.24) is 4.90 Å². The molecule has 0 saturated heterocycles. The van der Waals surface area contributed by atoms with Crippen LogP contribution in [0.4, 0.5) is 10.1 Å². The minimum Gasteiger partial charge on any atom is -0.366 e. The van der Waals surface area contributed by atoms with Crippen LogP contribution in [0.25, 0.3) is 0 Å². The van der Waals surface area contributed by atoms with Crippen molar-refractivity contribution >= 4 is 11.6 Å². The van der Waals surface area contributed by atoms with Crippen molar-refractivity contribution in [3.63, 3.8) is 0 Å². The van der Waals surface area contributed by atoms with Crippen LogP contribution in [0.15, 0.2) is 48.5 Å². The van der Waals surface area contributed by atoms with Gasteiger partial charge < -0.3 is 9.80 Å². The highest BCUT2D eigenvalue weighted by Crippen LogP contribution is 2.33. The first kappa shape index (κ1) is 15.2. The Morgan fingerprint density at radius 1 is 1.08 bits per heavy atom. The third kappa shape index (κ3) is 3.14. The van der Waals surface area contributed by atoms with Gasteiger partial charge in [-0.05, 0) is 42.2 Å². The SMILES string of the molecule is O=C1CCN(Cc2ccccc2)c2ccc(F)cc2CN1C1CC1. The molecule has 1 heterocycles. The van der Waals surface area contributed by atoms with Gasteiger partial charge in [-0.15, -0.1) is 0 Å². The van der Waals surface area contributed by atoms with Crippen molar-refractivity contribution < 1.29 is 9.18 Å². The number of amides is 1. The van der Waals surface area contributed by atoms with E-state index in [0.29, 0.717) is 25.6 Å². The van der Waals surface area contributed by atoms with E-state index in [-0.39, 0.29) is 11.7 Å². The number of benzene rings is 2. The van der Waals surface area contributed by atoms with Gasteiger partial charge in [0.15, 0.2) is 0 Å². The summed E-state index contributed by atoms with van der Waals surface area (Å²) < 4.78 is 13.8. The van der Waals surface area contributed by atoms with Crippen molar-refractivity contribution in [2.24, 2.45) is 0 Å². The molecule has 124 valence electrons. The normalized spacial score (nSPS) is 18.1. The number of halogens is 1. The van der Waals surface area contributed by atoms with Gasteiger partial charge in [0.1, 0.15) is 5.82 Å². The number of hydrogen-bond donors (Lipinski definition) is 0. The summed E-state index contributed by atoms with van der Waals surface area (Å²) in [5, 5.41) is 0. The second kappa shape index (κ2) is 6.27. The predicted molar refractivity (Wildman–Crippen MR) is 92.1 cm³/mol. The maximum atomic E-state index is 13.8. The van der Waals surface area contributed by atoms with E-state index in [0.717, 1.165) is 30.6 Å². The zero-order chi connectivity index (χ0) is 16.5. The van der Waals surface area contributed by atoms with E-state index in [9.17, 15) is 9.18 Å². The molecule has 0 aromatic heterocycles. The number of fused-ring (bicyclic) bond motifs is 1. The van der Waals surface area contributed by atoms with Gasteiger partial charge >= 0.3 is 0 Å².